The first kappa shape index (κ1) is 22.5. The third-order valence-electron chi connectivity index (χ3n) is 6.77. The number of aryl methyl sites for hydroxylation is 1. The summed E-state index contributed by atoms with van der Waals surface area (Å²) in [6.45, 7) is 5.37. The van der Waals surface area contributed by atoms with Gasteiger partial charge in [0, 0.05) is 43.8 Å². The molecule has 3 aromatic heterocycles. The Morgan fingerprint density at radius 3 is 2.36 bits per heavy atom. The molecule has 0 bridgehead atoms. The van der Waals surface area contributed by atoms with Gasteiger partial charge in [-0.15, -0.1) is 11.3 Å². The molecule has 4 heterocycles. The average molecular weight is 500 g/mol. The van der Waals surface area contributed by atoms with E-state index in [-0.39, 0.29) is 11.7 Å². The van der Waals surface area contributed by atoms with Crippen molar-refractivity contribution in [3.63, 3.8) is 0 Å². The molecule has 0 spiro atoms. The van der Waals surface area contributed by atoms with Crippen molar-refractivity contribution in [3.05, 3.63) is 89.7 Å². The number of thiophene rings is 1. The molecule has 2 aromatic carbocycles. The van der Waals surface area contributed by atoms with E-state index in [0.717, 1.165) is 33.0 Å². The summed E-state index contributed by atoms with van der Waals surface area (Å²) >= 11 is 1.65. The number of halogens is 1. The number of piperazine rings is 1. The molecule has 182 valence electrons. The number of carbonyl (C=O) groups excluding carboxylic acids is 1. The molecule has 1 amide bonds. The molecule has 0 N–H and O–H groups in total. The van der Waals surface area contributed by atoms with Crippen molar-refractivity contribution in [1.82, 2.24) is 19.2 Å². The van der Waals surface area contributed by atoms with Crippen molar-refractivity contribution in [3.8, 4) is 16.3 Å². The highest BCUT2D eigenvalue weighted by molar-refractivity contribution is 7.13. The van der Waals surface area contributed by atoms with Gasteiger partial charge in [0.2, 0.25) is 0 Å². The maximum Gasteiger partial charge on any atom is 0.270 e. The molecule has 6 rings (SSSR count). The Bertz CT molecular complexity index is 1500. The lowest BCUT2D eigenvalue weighted by Crippen LogP contribution is -2.49. The number of fused-ring (bicyclic) bond motifs is 1. The van der Waals surface area contributed by atoms with Crippen LogP contribution in [0.3, 0.4) is 0 Å². The highest BCUT2D eigenvalue weighted by Crippen LogP contribution is 2.35. The molecule has 5 aromatic rings. The van der Waals surface area contributed by atoms with E-state index in [4.69, 9.17) is 5.10 Å². The standard InChI is InChI=1S/C28H26FN5OS/c1-2-33-24(28(35)32-16-14-31(15-17-32)21-12-10-20(29)11-13-21)19-23-26(25-9-6-18-36-25)30-34(27(23)33)22-7-4-3-5-8-22/h3-13,18-19H,2,14-17H2,1H3. The number of hydrogen-bond donors (Lipinski definition) is 0. The van der Waals surface area contributed by atoms with Gasteiger partial charge in [-0.2, -0.15) is 5.10 Å². The van der Waals surface area contributed by atoms with Gasteiger partial charge in [-0.1, -0.05) is 24.3 Å². The zero-order valence-electron chi connectivity index (χ0n) is 20.0. The zero-order chi connectivity index (χ0) is 24.6. The van der Waals surface area contributed by atoms with E-state index in [9.17, 15) is 9.18 Å². The Balaban J connectivity index is 1.36. The maximum absolute atomic E-state index is 13.8. The van der Waals surface area contributed by atoms with Crippen molar-refractivity contribution >= 4 is 34.0 Å². The number of para-hydroxylation sites is 1. The van der Waals surface area contributed by atoms with Gasteiger partial charge in [0.1, 0.15) is 22.9 Å². The Hall–Kier alpha value is -3.91. The lowest BCUT2D eigenvalue weighted by Gasteiger charge is -2.36. The first-order valence-corrected chi connectivity index (χ1v) is 13.0. The van der Waals surface area contributed by atoms with Gasteiger partial charge in [-0.3, -0.25) is 4.79 Å². The Morgan fingerprint density at radius 1 is 0.944 bits per heavy atom. The van der Waals surface area contributed by atoms with Gasteiger partial charge in [0.05, 0.1) is 10.6 Å². The molecule has 6 nitrogen and oxygen atoms in total. The normalized spacial score (nSPS) is 14.1. The Kier molecular flexibility index (Phi) is 5.81. The molecule has 0 unspecified atom stereocenters. The van der Waals surface area contributed by atoms with Crippen LogP contribution in [0.5, 0.6) is 0 Å². The molecule has 0 radical (unpaired) electrons. The molecule has 1 saturated heterocycles. The Morgan fingerprint density at radius 2 is 1.69 bits per heavy atom. The lowest BCUT2D eigenvalue weighted by molar-refractivity contribution is 0.0736. The number of carbonyl (C=O) groups is 1. The second-order valence-corrected chi connectivity index (χ2v) is 9.79. The van der Waals surface area contributed by atoms with E-state index in [1.54, 1.807) is 23.5 Å². The van der Waals surface area contributed by atoms with Crippen molar-refractivity contribution in [2.45, 2.75) is 13.5 Å². The molecule has 1 aliphatic rings. The molecule has 8 heteroatoms. The number of hydrogen-bond acceptors (Lipinski definition) is 4. The van der Waals surface area contributed by atoms with Crippen molar-refractivity contribution in [2.24, 2.45) is 0 Å². The van der Waals surface area contributed by atoms with Gasteiger partial charge >= 0.3 is 0 Å². The second-order valence-electron chi connectivity index (χ2n) is 8.84. The summed E-state index contributed by atoms with van der Waals surface area (Å²) in [4.78, 5) is 19.0. The first-order valence-electron chi connectivity index (χ1n) is 12.2. The first-order chi connectivity index (χ1) is 17.6. The largest absolute Gasteiger partial charge is 0.368 e. The number of rotatable bonds is 5. The second kappa shape index (κ2) is 9.28. The predicted octanol–water partition coefficient (Wildman–Crippen LogP) is 5.68. The van der Waals surface area contributed by atoms with Gasteiger partial charge in [-0.05, 0) is 60.8 Å². The van der Waals surface area contributed by atoms with Crippen LogP contribution in [0.15, 0.2) is 78.2 Å². The number of anilines is 1. The number of amides is 1. The summed E-state index contributed by atoms with van der Waals surface area (Å²) in [7, 11) is 0. The third-order valence-corrected chi connectivity index (χ3v) is 7.65. The van der Waals surface area contributed by atoms with Gasteiger partial charge in [0.15, 0.2) is 0 Å². The van der Waals surface area contributed by atoms with E-state index >= 15 is 0 Å². The fourth-order valence-electron chi connectivity index (χ4n) is 4.97. The van der Waals surface area contributed by atoms with Crippen molar-refractivity contribution in [2.75, 3.05) is 31.1 Å². The van der Waals surface area contributed by atoms with Crippen molar-refractivity contribution in [1.29, 1.82) is 0 Å². The van der Waals surface area contributed by atoms with Crippen LogP contribution in [0, 0.1) is 5.82 Å². The molecule has 1 fully saturated rings. The fourth-order valence-corrected chi connectivity index (χ4v) is 5.69. The van der Waals surface area contributed by atoms with Crippen LogP contribution < -0.4 is 4.90 Å². The van der Waals surface area contributed by atoms with Crippen LogP contribution in [0.1, 0.15) is 17.4 Å². The number of nitrogens with zero attached hydrogens (tertiary/aromatic N) is 5. The summed E-state index contributed by atoms with van der Waals surface area (Å²) in [6.07, 6.45) is 0. The minimum absolute atomic E-state index is 0.0311. The number of benzene rings is 2. The quantitative estimate of drug-likeness (QED) is 0.313. The minimum Gasteiger partial charge on any atom is -0.368 e. The fraction of sp³-hybridized carbons (Fsp3) is 0.214. The molecular weight excluding hydrogens is 473 g/mol. The van der Waals surface area contributed by atoms with E-state index in [0.29, 0.717) is 38.4 Å². The highest BCUT2D eigenvalue weighted by atomic mass is 32.1. The molecule has 36 heavy (non-hydrogen) atoms. The van der Waals surface area contributed by atoms with Crippen LogP contribution >= 0.6 is 11.3 Å². The van der Waals surface area contributed by atoms with Gasteiger partial charge in [0.25, 0.3) is 5.91 Å². The topological polar surface area (TPSA) is 46.3 Å². The van der Waals surface area contributed by atoms with Crippen LogP contribution in [0.25, 0.3) is 27.3 Å². The minimum atomic E-state index is -0.240. The van der Waals surface area contributed by atoms with E-state index in [2.05, 4.69) is 22.5 Å². The number of aromatic nitrogens is 3. The van der Waals surface area contributed by atoms with Crippen LogP contribution in [-0.4, -0.2) is 51.3 Å². The summed E-state index contributed by atoms with van der Waals surface area (Å²) < 4.78 is 17.4. The molecule has 1 aliphatic heterocycles. The summed E-state index contributed by atoms with van der Waals surface area (Å²) in [5.41, 5.74) is 4.45. The summed E-state index contributed by atoms with van der Waals surface area (Å²) in [6, 6.07) is 22.7. The van der Waals surface area contributed by atoms with Crippen LogP contribution in [-0.2, 0) is 6.54 Å². The van der Waals surface area contributed by atoms with E-state index in [1.165, 1.54) is 12.1 Å². The lowest BCUT2D eigenvalue weighted by atomic mass is 10.2. The molecule has 0 saturated carbocycles. The van der Waals surface area contributed by atoms with Crippen LogP contribution in [0.2, 0.25) is 0 Å². The Labute approximate surface area is 212 Å². The van der Waals surface area contributed by atoms with Gasteiger partial charge in [-0.25, -0.2) is 9.07 Å². The SMILES string of the molecule is CCn1c(C(=O)N2CCN(c3ccc(F)cc3)CC2)cc2c(-c3cccs3)nn(-c3ccccc3)c21. The maximum atomic E-state index is 13.8. The monoisotopic (exact) mass is 499 g/mol. The zero-order valence-corrected chi connectivity index (χ0v) is 20.8. The van der Waals surface area contributed by atoms with E-state index < -0.39 is 0 Å². The van der Waals surface area contributed by atoms with E-state index in [1.807, 2.05) is 57.4 Å². The average Bonchev–Trinajstić information content (AvgIpc) is 3.66. The van der Waals surface area contributed by atoms with Crippen LogP contribution in [0.4, 0.5) is 10.1 Å². The van der Waals surface area contributed by atoms with Crippen molar-refractivity contribution < 1.29 is 9.18 Å². The molecule has 0 aliphatic carbocycles. The highest BCUT2D eigenvalue weighted by Gasteiger charge is 2.28. The van der Waals surface area contributed by atoms with Gasteiger partial charge < -0.3 is 14.4 Å². The predicted molar refractivity (Wildman–Crippen MR) is 143 cm³/mol. The summed E-state index contributed by atoms with van der Waals surface area (Å²) in [5, 5.41) is 8.01. The third kappa shape index (κ3) is 3.87. The molecule has 0 atom stereocenters. The smallest absolute Gasteiger partial charge is 0.270 e. The molecular formula is C28H26FN5OS. The summed E-state index contributed by atoms with van der Waals surface area (Å²) in [5.74, 6) is -0.209.